The van der Waals surface area contributed by atoms with Crippen LogP contribution in [0.2, 0.25) is 0 Å². The molecule has 0 amide bonds. The molecule has 0 saturated heterocycles. The zero-order chi connectivity index (χ0) is 11.7. The number of halogens is 4. The molecule has 0 aliphatic rings. The van der Waals surface area contributed by atoms with E-state index in [0.717, 1.165) is 6.20 Å². The van der Waals surface area contributed by atoms with Crippen molar-refractivity contribution >= 4 is 11.3 Å². The lowest BCUT2D eigenvalue weighted by atomic mass is 10.0. The predicted octanol–water partition coefficient (Wildman–Crippen LogP) is 2.70. The van der Waals surface area contributed by atoms with Gasteiger partial charge < -0.3 is 5.73 Å². The summed E-state index contributed by atoms with van der Waals surface area (Å²) < 4.78 is 50.4. The van der Waals surface area contributed by atoms with Crippen LogP contribution in [0.25, 0.3) is 0 Å². The van der Waals surface area contributed by atoms with E-state index >= 15 is 0 Å². The van der Waals surface area contributed by atoms with Crippen LogP contribution >= 0.6 is 11.3 Å². The van der Waals surface area contributed by atoms with E-state index in [1.54, 1.807) is 0 Å². The number of alkyl halides is 4. The Hall–Kier alpha value is -0.690. The highest BCUT2D eigenvalue weighted by atomic mass is 32.1. The first-order valence-corrected chi connectivity index (χ1v) is 5.07. The summed E-state index contributed by atoms with van der Waals surface area (Å²) in [7, 11) is 0. The van der Waals surface area contributed by atoms with E-state index < -0.39 is 16.9 Å². The Balaban J connectivity index is 3.03. The lowest BCUT2D eigenvalue weighted by Gasteiger charge is -2.19. The van der Waals surface area contributed by atoms with Gasteiger partial charge in [0.05, 0.1) is 4.88 Å². The first-order chi connectivity index (χ1) is 6.83. The summed E-state index contributed by atoms with van der Waals surface area (Å²) in [5.74, 6) is 0. The van der Waals surface area contributed by atoms with E-state index in [4.69, 9.17) is 5.73 Å². The molecule has 2 N–H and O–H groups in total. The maximum atomic E-state index is 13.9. The zero-order valence-corrected chi connectivity index (χ0v) is 8.75. The SMILES string of the molecule is CCC(F)(CN)c1cnc(C(F)(F)F)s1. The van der Waals surface area contributed by atoms with Gasteiger partial charge in [0.25, 0.3) is 0 Å². The molecular formula is C8H10F4N2S. The predicted molar refractivity (Wildman–Crippen MR) is 49.2 cm³/mol. The molecule has 2 nitrogen and oxygen atoms in total. The molecule has 0 radical (unpaired) electrons. The molecule has 15 heavy (non-hydrogen) atoms. The number of nitrogens with zero attached hydrogens (tertiary/aromatic N) is 1. The summed E-state index contributed by atoms with van der Waals surface area (Å²) in [4.78, 5) is 3.08. The molecule has 0 spiro atoms. The van der Waals surface area contributed by atoms with E-state index in [2.05, 4.69) is 4.98 Å². The maximum absolute atomic E-state index is 13.9. The van der Waals surface area contributed by atoms with Crippen molar-refractivity contribution in [1.82, 2.24) is 4.98 Å². The van der Waals surface area contributed by atoms with Gasteiger partial charge in [-0.15, -0.1) is 11.3 Å². The highest BCUT2D eigenvalue weighted by molar-refractivity contribution is 7.11. The second-order valence-corrected chi connectivity index (χ2v) is 4.08. The summed E-state index contributed by atoms with van der Waals surface area (Å²) in [5, 5.41) is -1.04. The van der Waals surface area contributed by atoms with Crippen molar-refractivity contribution in [3.63, 3.8) is 0 Å². The van der Waals surface area contributed by atoms with Gasteiger partial charge in [-0.25, -0.2) is 9.37 Å². The molecule has 1 heterocycles. The number of nitrogens with two attached hydrogens (primary N) is 1. The maximum Gasteiger partial charge on any atom is 0.443 e. The lowest BCUT2D eigenvalue weighted by molar-refractivity contribution is -0.137. The second kappa shape index (κ2) is 4.05. The molecule has 0 aliphatic heterocycles. The van der Waals surface area contributed by atoms with Crippen molar-refractivity contribution in [2.24, 2.45) is 5.73 Å². The quantitative estimate of drug-likeness (QED) is 0.828. The van der Waals surface area contributed by atoms with Gasteiger partial charge >= 0.3 is 6.18 Å². The van der Waals surface area contributed by atoms with Crippen molar-refractivity contribution in [1.29, 1.82) is 0 Å². The minimum atomic E-state index is -4.52. The topological polar surface area (TPSA) is 38.9 Å². The van der Waals surface area contributed by atoms with Crippen molar-refractivity contribution < 1.29 is 17.6 Å². The molecule has 0 fully saturated rings. The van der Waals surface area contributed by atoms with Crippen LogP contribution in [-0.2, 0) is 11.8 Å². The molecule has 86 valence electrons. The van der Waals surface area contributed by atoms with Crippen LogP contribution in [0.15, 0.2) is 6.20 Å². The van der Waals surface area contributed by atoms with Crippen LogP contribution in [0.5, 0.6) is 0 Å². The van der Waals surface area contributed by atoms with Crippen LogP contribution in [0.1, 0.15) is 23.2 Å². The Morgan fingerprint density at radius 1 is 1.40 bits per heavy atom. The average Bonchev–Trinajstić information content (AvgIpc) is 2.65. The Labute approximate surface area is 88.1 Å². The fourth-order valence-electron chi connectivity index (χ4n) is 1.03. The van der Waals surface area contributed by atoms with Crippen LogP contribution in [-0.4, -0.2) is 11.5 Å². The monoisotopic (exact) mass is 242 g/mol. The van der Waals surface area contributed by atoms with Crippen LogP contribution in [0.4, 0.5) is 17.6 Å². The van der Waals surface area contributed by atoms with Crippen molar-refractivity contribution in [2.45, 2.75) is 25.2 Å². The molecule has 0 aromatic carbocycles. The zero-order valence-electron chi connectivity index (χ0n) is 7.94. The van der Waals surface area contributed by atoms with Gasteiger partial charge in [-0.05, 0) is 6.42 Å². The third kappa shape index (κ3) is 2.46. The molecular weight excluding hydrogens is 232 g/mol. The van der Waals surface area contributed by atoms with E-state index in [0.29, 0.717) is 11.3 Å². The van der Waals surface area contributed by atoms with Crippen LogP contribution in [0, 0.1) is 0 Å². The molecule has 0 aliphatic carbocycles. The number of hydrogen-bond acceptors (Lipinski definition) is 3. The number of aromatic nitrogens is 1. The fourth-order valence-corrected chi connectivity index (χ4v) is 1.98. The number of rotatable bonds is 3. The van der Waals surface area contributed by atoms with Gasteiger partial charge in [0.15, 0.2) is 10.7 Å². The van der Waals surface area contributed by atoms with Crippen molar-refractivity contribution in [3.05, 3.63) is 16.1 Å². The summed E-state index contributed by atoms with van der Waals surface area (Å²) >= 11 is 0.305. The fraction of sp³-hybridized carbons (Fsp3) is 0.625. The van der Waals surface area contributed by atoms with Gasteiger partial charge in [-0.1, -0.05) is 6.92 Å². The first-order valence-electron chi connectivity index (χ1n) is 4.26. The van der Waals surface area contributed by atoms with Gasteiger partial charge in [-0.2, -0.15) is 13.2 Å². The minimum absolute atomic E-state index is 0.0307. The number of hydrogen-bond donors (Lipinski definition) is 1. The molecule has 0 bridgehead atoms. The molecule has 1 aromatic rings. The first kappa shape index (κ1) is 12.4. The molecule has 1 rings (SSSR count). The van der Waals surface area contributed by atoms with Gasteiger partial charge in [-0.3, -0.25) is 0 Å². The summed E-state index contributed by atoms with van der Waals surface area (Å²) in [5.41, 5.74) is 3.29. The number of thiazole rings is 1. The third-order valence-electron chi connectivity index (χ3n) is 2.07. The Kier molecular flexibility index (Phi) is 3.34. The Morgan fingerprint density at radius 3 is 2.33 bits per heavy atom. The second-order valence-electron chi connectivity index (χ2n) is 3.05. The molecule has 1 unspecified atom stereocenters. The normalized spacial score (nSPS) is 16.4. The molecule has 7 heteroatoms. The summed E-state index contributed by atoms with van der Waals surface area (Å²) in [6.45, 7) is 1.18. The highest BCUT2D eigenvalue weighted by Crippen LogP contribution is 2.38. The summed E-state index contributed by atoms with van der Waals surface area (Å²) in [6, 6.07) is 0. The Bertz CT molecular complexity index is 330. The standard InChI is InChI=1S/C8H10F4N2S/c1-2-7(9,4-13)5-3-14-6(15-5)8(10,11)12/h3H,2,4,13H2,1H3. The van der Waals surface area contributed by atoms with Crippen molar-refractivity contribution in [2.75, 3.05) is 6.54 Å². The smallest absolute Gasteiger partial charge is 0.327 e. The lowest BCUT2D eigenvalue weighted by Crippen LogP contribution is -2.28. The van der Waals surface area contributed by atoms with Gasteiger partial charge in [0.1, 0.15) is 0 Å². The van der Waals surface area contributed by atoms with Crippen molar-refractivity contribution in [3.8, 4) is 0 Å². The van der Waals surface area contributed by atoms with E-state index in [1.807, 2.05) is 0 Å². The van der Waals surface area contributed by atoms with E-state index in [9.17, 15) is 17.6 Å². The highest BCUT2D eigenvalue weighted by Gasteiger charge is 2.38. The minimum Gasteiger partial charge on any atom is -0.327 e. The Morgan fingerprint density at radius 2 is 2.00 bits per heavy atom. The molecule has 1 aromatic heterocycles. The summed E-state index contributed by atoms with van der Waals surface area (Å²) in [6.07, 6.45) is -3.58. The largest absolute Gasteiger partial charge is 0.443 e. The van der Waals surface area contributed by atoms with E-state index in [-0.39, 0.29) is 17.8 Å². The van der Waals surface area contributed by atoms with E-state index in [1.165, 1.54) is 6.92 Å². The molecule has 0 saturated carbocycles. The van der Waals surface area contributed by atoms with Crippen LogP contribution < -0.4 is 5.73 Å². The van der Waals surface area contributed by atoms with Gasteiger partial charge in [0, 0.05) is 12.7 Å². The third-order valence-corrected chi connectivity index (χ3v) is 3.30. The van der Waals surface area contributed by atoms with Crippen LogP contribution in [0.3, 0.4) is 0 Å². The average molecular weight is 242 g/mol. The van der Waals surface area contributed by atoms with Gasteiger partial charge in [0.2, 0.25) is 0 Å². The molecule has 1 atom stereocenters.